The molecule has 0 aliphatic rings. The Morgan fingerprint density at radius 3 is 1.81 bits per heavy atom. The number of carboxylic acids is 1. The van der Waals surface area contributed by atoms with Gasteiger partial charge in [0, 0.05) is 24.7 Å². The fourth-order valence-electron chi connectivity index (χ4n) is 4.07. The van der Waals surface area contributed by atoms with Crippen LogP contribution >= 0.6 is 0 Å². The van der Waals surface area contributed by atoms with E-state index in [0.29, 0.717) is 16.8 Å². The van der Waals surface area contributed by atoms with Crippen LogP contribution in [-0.2, 0) is 38.4 Å². The van der Waals surface area contributed by atoms with Crippen molar-refractivity contribution in [2.24, 2.45) is 5.73 Å². The predicted octanol–water partition coefficient (Wildman–Crippen LogP) is -0.904. The third kappa shape index (κ3) is 9.31. The lowest BCUT2D eigenvalue weighted by atomic mass is 10.0. The van der Waals surface area contributed by atoms with Crippen molar-refractivity contribution < 1.29 is 39.6 Å². The summed E-state index contributed by atoms with van der Waals surface area (Å²) in [6.45, 7) is 1.20. The van der Waals surface area contributed by atoms with Gasteiger partial charge in [-0.05, 0) is 48.7 Å². The number of carboxylic acid groups (broad SMARTS) is 1. The van der Waals surface area contributed by atoms with Crippen molar-refractivity contribution in [2.75, 3.05) is 0 Å². The standard InChI is InChI=1S/C28H34N6O8/c1-15(35)24(28(41)42)34-27(40)23(12-18-13-30-14-31-18)33-26(39)22(11-17-4-8-20(37)9-5-17)32-25(38)21(29)10-16-2-6-19(36)7-3-16/h2-9,13-15,21-24,35-37H,10-12,29H2,1H3,(H,30,31)(H,32,38)(H,33,39)(H,34,40)(H,41,42). The number of aliphatic hydroxyl groups excluding tert-OH is 1. The number of aromatic hydroxyl groups is 2. The van der Waals surface area contributed by atoms with Gasteiger partial charge < -0.3 is 47.1 Å². The molecule has 3 rings (SSSR count). The lowest BCUT2D eigenvalue weighted by Gasteiger charge is -2.26. The van der Waals surface area contributed by atoms with Gasteiger partial charge in [0.05, 0.1) is 18.5 Å². The van der Waals surface area contributed by atoms with Gasteiger partial charge in [0.15, 0.2) is 6.04 Å². The lowest BCUT2D eigenvalue weighted by Crippen LogP contribution is -2.59. The minimum absolute atomic E-state index is 0.00194. The molecule has 0 radical (unpaired) electrons. The number of benzene rings is 2. The first kappa shape index (κ1) is 31.6. The van der Waals surface area contributed by atoms with Gasteiger partial charge in [-0.2, -0.15) is 0 Å². The SMILES string of the molecule is CC(O)C(NC(=O)C(Cc1cnc[nH]1)NC(=O)C(Cc1ccc(O)cc1)NC(=O)C(N)Cc1ccc(O)cc1)C(=O)O. The van der Waals surface area contributed by atoms with Crippen molar-refractivity contribution in [2.45, 2.75) is 56.5 Å². The largest absolute Gasteiger partial charge is 0.508 e. The fourth-order valence-corrected chi connectivity index (χ4v) is 4.07. The number of rotatable bonds is 14. The highest BCUT2D eigenvalue weighted by Crippen LogP contribution is 2.13. The van der Waals surface area contributed by atoms with Gasteiger partial charge in [-0.25, -0.2) is 9.78 Å². The van der Waals surface area contributed by atoms with E-state index in [2.05, 4.69) is 25.9 Å². The van der Waals surface area contributed by atoms with Gasteiger partial charge in [0.25, 0.3) is 0 Å². The van der Waals surface area contributed by atoms with Crippen molar-refractivity contribution in [1.82, 2.24) is 25.9 Å². The number of nitrogens with two attached hydrogens (primary N) is 1. The van der Waals surface area contributed by atoms with E-state index in [1.54, 1.807) is 24.3 Å². The van der Waals surface area contributed by atoms with Crippen molar-refractivity contribution in [3.8, 4) is 11.5 Å². The molecule has 1 aromatic heterocycles. The van der Waals surface area contributed by atoms with Gasteiger partial charge in [0.2, 0.25) is 17.7 Å². The highest BCUT2D eigenvalue weighted by atomic mass is 16.4. The van der Waals surface area contributed by atoms with Gasteiger partial charge >= 0.3 is 5.97 Å². The molecule has 0 spiro atoms. The van der Waals surface area contributed by atoms with E-state index in [9.17, 15) is 39.6 Å². The average molecular weight is 583 g/mol. The number of carbonyl (C=O) groups is 4. The molecule has 224 valence electrons. The van der Waals surface area contributed by atoms with E-state index in [4.69, 9.17) is 5.73 Å². The normalized spacial score (nSPS) is 14.5. The van der Waals surface area contributed by atoms with Gasteiger partial charge in [0.1, 0.15) is 23.6 Å². The maximum atomic E-state index is 13.5. The Kier molecular flexibility index (Phi) is 11.0. The van der Waals surface area contributed by atoms with E-state index < -0.39 is 54.0 Å². The Hall–Kier alpha value is -4.95. The second-order valence-corrected chi connectivity index (χ2v) is 9.82. The first-order valence-electron chi connectivity index (χ1n) is 13.0. The maximum Gasteiger partial charge on any atom is 0.328 e. The van der Waals surface area contributed by atoms with Crippen LogP contribution in [0.1, 0.15) is 23.7 Å². The number of aliphatic hydroxyl groups is 1. The molecule has 3 amide bonds. The Bertz CT molecular complexity index is 1350. The van der Waals surface area contributed by atoms with Crippen molar-refractivity contribution in [3.63, 3.8) is 0 Å². The van der Waals surface area contributed by atoms with Gasteiger partial charge in [-0.3, -0.25) is 14.4 Å². The summed E-state index contributed by atoms with van der Waals surface area (Å²) in [6.07, 6.45) is 1.34. The average Bonchev–Trinajstić information content (AvgIpc) is 3.46. The van der Waals surface area contributed by atoms with Gasteiger partial charge in [-0.15, -0.1) is 0 Å². The molecule has 5 unspecified atom stereocenters. The molecule has 2 aromatic carbocycles. The number of nitrogens with zero attached hydrogens (tertiary/aromatic N) is 1. The number of nitrogens with one attached hydrogen (secondary N) is 4. The molecule has 0 saturated carbocycles. The number of phenols is 2. The minimum Gasteiger partial charge on any atom is -0.508 e. The summed E-state index contributed by atoms with van der Waals surface area (Å²) in [4.78, 5) is 58.0. The number of aromatic nitrogens is 2. The Morgan fingerprint density at radius 1 is 0.810 bits per heavy atom. The van der Waals surface area contributed by atoms with Crippen LogP contribution in [0, 0.1) is 0 Å². The van der Waals surface area contributed by atoms with Crippen molar-refractivity contribution >= 4 is 23.7 Å². The number of hydrogen-bond donors (Lipinski definition) is 9. The van der Waals surface area contributed by atoms with Crippen LogP contribution in [0.2, 0.25) is 0 Å². The van der Waals surface area contributed by atoms with Crippen LogP contribution in [0.25, 0.3) is 0 Å². The number of H-pyrrole nitrogens is 1. The van der Waals surface area contributed by atoms with Crippen LogP contribution < -0.4 is 21.7 Å². The number of carbonyl (C=O) groups excluding carboxylic acids is 3. The summed E-state index contributed by atoms with van der Waals surface area (Å²) in [6, 6.07) is 6.86. The molecule has 0 aliphatic heterocycles. The number of aliphatic carboxylic acids is 1. The van der Waals surface area contributed by atoms with E-state index in [1.807, 2.05) is 0 Å². The Labute approximate surface area is 241 Å². The number of aromatic amines is 1. The third-order valence-electron chi connectivity index (χ3n) is 6.40. The zero-order valence-electron chi connectivity index (χ0n) is 22.7. The van der Waals surface area contributed by atoms with Crippen molar-refractivity contribution in [1.29, 1.82) is 0 Å². The molecule has 14 nitrogen and oxygen atoms in total. The van der Waals surface area contributed by atoms with Crippen molar-refractivity contribution in [3.05, 3.63) is 77.9 Å². The lowest BCUT2D eigenvalue weighted by molar-refractivity contribution is -0.145. The molecule has 0 fully saturated rings. The van der Waals surface area contributed by atoms with Gasteiger partial charge in [-0.1, -0.05) is 24.3 Å². The molecule has 1 heterocycles. The zero-order valence-corrected chi connectivity index (χ0v) is 22.7. The molecule has 0 aliphatic carbocycles. The van der Waals surface area contributed by atoms with Crippen LogP contribution in [0.4, 0.5) is 0 Å². The summed E-state index contributed by atoms with van der Waals surface area (Å²) in [5.41, 5.74) is 7.82. The van der Waals surface area contributed by atoms with Crippen LogP contribution in [0.5, 0.6) is 11.5 Å². The summed E-state index contributed by atoms with van der Waals surface area (Å²) in [5.74, 6) is -3.72. The smallest absolute Gasteiger partial charge is 0.328 e. The topological polar surface area (TPSA) is 240 Å². The Morgan fingerprint density at radius 2 is 1.31 bits per heavy atom. The first-order valence-corrected chi connectivity index (χ1v) is 13.0. The highest BCUT2D eigenvalue weighted by molar-refractivity contribution is 5.94. The van der Waals surface area contributed by atoms with E-state index in [0.717, 1.165) is 0 Å². The van der Waals surface area contributed by atoms with E-state index in [-0.39, 0.29) is 30.8 Å². The quantitative estimate of drug-likeness (QED) is 0.113. The summed E-state index contributed by atoms with van der Waals surface area (Å²) < 4.78 is 0. The monoisotopic (exact) mass is 582 g/mol. The predicted molar refractivity (Wildman–Crippen MR) is 149 cm³/mol. The van der Waals surface area contributed by atoms with Crippen LogP contribution in [0.3, 0.4) is 0 Å². The number of imidazole rings is 1. The van der Waals surface area contributed by atoms with E-state index >= 15 is 0 Å². The number of hydrogen-bond acceptors (Lipinski definition) is 9. The molecule has 10 N–H and O–H groups in total. The number of phenolic OH excluding ortho intramolecular Hbond substituents is 2. The third-order valence-corrected chi connectivity index (χ3v) is 6.40. The maximum absolute atomic E-state index is 13.5. The highest BCUT2D eigenvalue weighted by Gasteiger charge is 2.32. The van der Waals surface area contributed by atoms with E-state index in [1.165, 1.54) is 43.7 Å². The molecular weight excluding hydrogens is 548 g/mol. The number of amides is 3. The molecule has 14 heteroatoms. The van der Waals surface area contributed by atoms with Crippen LogP contribution in [-0.4, -0.2) is 84.4 Å². The molecule has 42 heavy (non-hydrogen) atoms. The molecule has 0 bridgehead atoms. The molecular formula is C28H34N6O8. The minimum atomic E-state index is -1.64. The molecule has 5 atom stereocenters. The molecule has 3 aromatic rings. The first-order chi connectivity index (χ1) is 19.9. The fraction of sp³-hybridized carbons (Fsp3) is 0.321. The second-order valence-electron chi connectivity index (χ2n) is 9.82. The summed E-state index contributed by atoms with van der Waals surface area (Å²) >= 11 is 0. The van der Waals surface area contributed by atoms with Crippen LogP contribution in [0.15, 0.2) is 61.1 Å². The summed E-state index contributed by atoms with van der Waals surface area (Å²) in [5, 5.41) is 45.7. The molecule has 0 saturated heterocycles. The zero-order chi connectivity index (χ0) is 30.8. The second kappa shape index (κ2) is 14.6. The summed E-state index contributed by atoms with van der Waals surface area (Å²) in [7, 11) is 0. The Balaban J connectivity index is 1.81.